The van der Waals surface area contributed by atoms with Gasteiger partial charge in [-0.1, -0.05) is 18.2 Å². The van der Waals surface area contributed by atoms with E-state index in [4.69, 9.17) is 9.47 Å². The predicted molar refractivity (Wildman–Crippen MR) is 86.2 cm³/mol. The van der Waals surface area contributed by atoms with E-state index >= 15 is 0 Å². The second kappa shape index (κ2) is 7.63. The fourth-order valence-electron chi connectivity index (χ4n) is 2.30. The molecule has 0 fully saturated rings. The van der Waals surface area contributed by atoms with E-state index in [0.717, 1.165) is 11.1 Å². The van der Waals surface area contributed by atoms with Crippen LogP contribution in [0.5, 0.6) is 11.5 Å². The van der Waals surface area contributed by atoms with Crippen molar-refractivity contribution >= 4 is 5.91 Å². The van der Waals surface area contributed by atoms with Gasteiger partial charge in [-0.3, -0.25) is 4.79 Å². The monoisotopic (exact) mass is 317 g/mol. The number of hydrogen-bond acceptors (Lipinski definition) is 3. The normalized spacial score (nSPS) is 11.7. The number of halogens is 1. The minimum absolute atomic E-state index is 0.117. The SMILES string of the molecule is COc1ccc(CC(=O)NC(C)c2ccc(F)cc2)cc1OC. The molecule has 1 atom stereocenters. The third kappa shape index (κ3) is 4.45. The van der Waals surface area contributed by atoms with Crippen LogP contribution in [0.1, 0.15) is 24.1 Å². The van der Waals surface area contributed by atoms with Crippen molar-refractivity contribution in [2.45, 2.75) is 19.4 Å². The summed E-state index contributed by atoms with van der Waals surface area (Å²) in [5.41, 5.74) is 1.68. The Morgan fingerprint density at radius 1 is 1.09 bits per heavy atom. The van der Waals surface area contributed by atoms with Crippen molar-refractivity contribution in [3.8, 4) is 11.5 Å². The number of nitrogens with one attached hydrogen (secondary N) is 1. The van der Waals surface area contributed by atoms with E-state index in [0.29, 0.717) is 11.5 Å². The molecule has 0 saturated heterocycles. The van der Waals surface area contributed by atoms with Gasteiger partial charge in [-0.05, 0) is 42.3 Å². The lowest BCUT2D eigenvalue weighted by Gasteiger charge is -2.15. The van der Waals surface area contributed by atoms with Crippen LogP contribution in [-0.2, 0) is 11.2 Å². The van der Waals surface area contributed by atoms with Crippen LogP contribution in [0.4, 0.5) is 4.39 Å². The Morgan fingerprint density at radius 2 is 1.74 bits per heavy atom. The van der Waals surface area contributed by atoms with Crippen molar-refractivity contribution < 1.29 is 18.7 Å². The highest BCUT2D eigenvalue weighted by Gasteiger charge is 2.12. The van der Waals surface area contributed by atoms with Gasteiger partial charge >= 0.3 is 0 Å². The molecule has 2 rings (SSSR count). The van der Waals surface area contributed by atoms with Crippen LogP contribution < -0.4 is 14.8 Å². The van der Waals surface area contributed by atoms with Gasteiger partial charge in [0.05, 0.1) is 26.7 Å². The van der Waals surface area contributed by atoms with E-state index in [9.17, 15) is 9.18 Å². The van der Waals surface area contributed by atoms with E-state index in [2.05, 4.69) is 5.32 Å². The molecule has 0 heterocycles. The Kier molecular flexibility index (Phi) is 5.57. The first-order chi connectivity index (χ1) is 11.0. The fraction of sp³-hybridized carbons (Fsp3) is 0.278. The zero-order valence-corrected chi connectivity index (χ0v) is 13.4. The third-order valence-corrected chi connectivity index (χ3v) is 3.56. The number of hydrogen-bond donors (Lipinski definition) is 1. The van der Waals surface area contributed by atoms with Crippen LogP contribution in [-0.4, -0.2) is 20.1 Å². The number of amides is 1. The summed E-state index contributed by atoms with van der Waals surface area (Å²) in [6, 6.07) is 11.3. The largest absolute Gasteiger partial charge is 0.493 e. The molecule has 2 aromatic rings. The van der Waals surface area contributed by atoms with Gasteiger partial charge in [-0.15, -0.1) is 0 Å². The summed E-state index contributed by atoms with van der Waals surface area (Å²) in [5.74, 6) is 0.798. The number of carbonyl (C=O) groups is 1. The maximum Gasteiger partial charge on any atom is 0.224 e. The highest BCUT2D eigenvalue weighted by atomic mass is 19.1. The molecule has 2 aromatic carbocycles. The second-order valence-corrected chi connectivity index (χ2v) is 5.21. The molecule has 0 aliphatic rings. The Bertz CT molecular complexity index is 670. The molecule has 1 N–H and O–H groups in total. The average molecular weight is 317 g/mol. The zero-order valence-electron chi connectivity index (χ0n) is 13.4. The highest BCUT2D eigenvalue weighted by molar-refractivity contribution is 5.79. The van der Waals surface area contributed by atoms with Crippen molar-refractivity contribution in [3.05, 3.63) is 59.4 Å². The molecule has 0 bridgehead atoms. The topological polar surface area (TPSA) is 47.6 Å². The Labute approximate surface area is 135 Å². The van der Waals surface area contributed by atoms with Gasteiger partial charge in [0, 0.05) is 0 Å². The summed E-state index contributed by atoms with van der Waals surface area (Å²) in [5, 5.41) is 2.90. The first-order valence-corrected chi connectivity index (χ1v) is 7.29. The van der Waals surface area contributed by atoms with Crippen LogP contribution in [0.3, 0.4) is 0 Å². The highest BCUT2D eigenvalue weighted by Crippen LogP contribution is 2.27. The molecular formula is C18H20FNO3. The number of ether oxygens (including phenoxy) is 2. The van der Waals surface area contributed by atoms with Crippen LogP contribution >= 0.6 is 0 Å². The molecule has 0 spiro atoms. The molecule has 122 valence electrons. The minimum atomic E-state index is -0.294. The summed E-state index contributed by atoms with van der Waals surface area (Å²) in [4.78, 5) is 12.2. The van der Waals surface area contributed by atoms with Gasteiger partial charge in [-0.2, -0.15) is 0 Å². The molecule has 0 aromatic heterocycles. The molecule has 0 aliphatic heterocycles. The van der Waals surface area contributed by atoms with E-state index in [1.807, 2.05) is 13.0 Å². The lowest BCUT2D eigenvalue weighted by molar-refractivity contribution is -0.121. The molecule has 0 saturated carbocycles. The van der Waals surface area contributed by atoms with Crippen molar-refractivity contribution in [1.29, 1.82) is 0 Å². The van der Waals surface area contributed by atoms with Crippen LogP contribution in [0.25, 0.3) is 0 Å². The zero-order chi connectivity index (χ0) is 16.8. The van der Waals surface area contributed by atoms with E-state index < -0.39 is 0 Å². The third-order valence-electron chi connectivity index (χ3n) is 3.56. The van der Waals surface area contributed by atoms with Crippen LogP contribution in [0, 0.1) is 5.82 Å². The van der Waals surface area contributed by atoms with Gasteiger partial charge < -0.3 is 14.8 Å². The van der Waals surface area contributed by atoms with Crippen LogP contribution in [0.15, 0.2) is 42.5 Å². The predicted octanol–water partition coefficient (Wildman–Crippen LogP) is 3.26. The second-order valence-electron chi connectivity index (χ2n) is 5.21. The molecule has 23 heavy (non-hydrogen) atoms. The quantitative estimate of drug-likeness (QED) is 0.889. The Hall–Kier alpha value is -2.56. The lowest BCUT2D eigenvalue weighted by atomic mass is 10.1. The van der Waals surface area contributed by atoms with Crippen LogP contribution in [0.2, 0.25) is 0 Å². The van der Waals surface area contributed by atoms with E-state index in [-0.39, 0.29) is 24.2 Å². The molecule has 1 amide bonds. The first-order valence-electron chi connectivity index (χ1n) is 7.29. The number of methoxy groups -OCH3 is 2. The number of benzene rings is 2. The van der Waals surface area contributed by atoms with Gasteiger partial charge in [0.2, 0.25) is 5.91 Å². The van der Waals surface area contributed by atoms with Crippen molar-refractivity contribution in [1.82, 2.24) is 5.32 Å². The van der Waals surface area contributed by atoms with E-state index in [1.54, 1.807) is 38.5 Å². The van der Waals surface area contributed by atoms with E-state index in [1.165, 1.54) is 12.1 Å². The molecule has 0 aliphatic carbocycles. The molecule has 1 unspecified atom stereocenters. The minimum Gasteiger partial charge on any atom is -0.493 e. The first kappa shape index (κ1) is 16.8. The Morgan fingerprint density at radius 3 is 2.35 bits per heavy atom. The van der Waals surface area contributed by atoms with Crippen molar-refractivity contribution in [2.75, 3.05) is 14.2 Å². The van der Waals surface area contributed by atoms with Gasteiger partial charge in [0.25, 0.3) is 0 Å². The average Bonchev–Trinajstić information content (AvgIpc) is 2.55. The summed E-state index contributed by atoms with van der Waals surface area (Å²) < 4.78 is 23.3. The molecule has 5 heteroatoms. The van der Waals surface area contributed by atoms with Crippen molar-refractivity contribution in [2.24, 2.45) is 0 Å². The molecular weight excluding hydrogens is 297 g/mol. The Balaban J connectivity index is 2.00. The summed E-state index contributed by atoms with van der Waals surface area (Å²) >= 11 is 0. The standard InChI is InChI=1S/C18H20FNO3/c1-12(14-5-7-15(19)8-6-14)20-18(21)11-13-4-9-16(22-2)17(10-13)23-3/h4-10,12H,11H2,1-3H3,(H,20,21). The summed E-state index contributed by atoms with van der Waals surface area (Å²) in [6.07, 6.45) is 0.228. The number of rotatable bonds is 6. The summed E-state index contributed by atoms with van der Waals surface area (Å²) in [7, 11) is 3.12. The van der Waals surface area contributed by atoms with Gasteiger partial charge in [0.15, 0.2) is 11.5 Å². The number of carbonyl (C=O) groups excluding carboxylic acids is 1. The smallest absolute Gasteiger partial charge is 0.224 e. The maximum absolute atomic E-state index is 12.9. The maximum atomic E-state index is 12.9. The van der Waals surface area contributed by atoms with Gasteiger partial charge in [0.1, 0.15) is 5.82 Å². The van der Waals surface area contributed by atoms with Gasteiger partial charge in [-0.25, -0.2) is 4.39 Å². The fourth-order valence-corrected chi connectivity index (χ4v) is 2.30. The molecule has 0 radical (unpaired) electrons. The lowest BCUT2D eigenvalue weighted by Crippen LogP contribution is -2.28. The van der Waals surface area contributed by atoms with Crippen molar-refractivity contribution in [3.63, 3.8) is 0 Å². The molecule has 4 nitrogen and oxygen atoms in total. The summed E-state index contributed by atoms with van der Waals surface area (Å²) in [6.45, 7) is 1.86.